The van der Waals surface area contributed by atoms with Crippen molar-refractivity contribution in [3.8, 4) is 0 Å². The molecule has 0 unspecified atom stereocenters. The lowest BCUT2D eigenvalue weighted by Gasteiger charge is -2.08. The van der Waals surface area contributed by atoms with E-state index >= 15 is 0 Å². The number of pyridine rings is 1. The van der Waals surface area contributed by atoms with Crippen molar-refractivity contribution in [2.24, 2.45) is 0 Å². The minimum atomic E-state index is -3.70. The normalized spacial score (nSPS) is 10.9. The van der Waals surface area contributed by atoms with Crippen molar-refractivity contribution in [3.05, 3.63) is 47.0 Å². The Morgan fingerprint density at radius 1 is 1.17 bits per heavy atom. The van der Waals surface area contributed by atoms with E-state index in [0.29, 0.717) is 0 Å². The van der Waals surface area contributed by atoms with E-state index in [2.05, 4.69) is 25.8 Å². The van der Waals surface area contributed by atoms with Crippen LogP contribution in [0.15, 0.2) is 35.9 Å². The molecule has 2 rings (SSSR count). The standard InChI is InChI=1S/C13H12ClN5O4S/c1-2-24(22,23)13-16-7-9(14)10(17-13)12(21)19-18-11(20)8-3-5-15-6-4-8/h3-7H,2H2,1H3,(H,18,20)(H,19,21). The lowest BCUT2D eigenvalue weighted by atomic mass is 10.2. The Morgan fingerprint density at radius 3 is 2.42 bits per heavy atom. The Balaban J connectivity index is 2.15. The van der Waals surface area contributed by atoms with Crippen molar-refractivity contribution in [2.45, 2.75) is 12.1 Å². The van der Waals surface area contributed by atoms with Gasteiger partial charge < -0.3 is 0 Å². The monoisotopic (exact) mass is 369 g/mol. The molecule has 2 aromatic rings. The third-order valence-electron chi connectivity index (χ3n) is 2.83. The zero-order valence-electron chi connectivity index (χ0n) is 12.4. The molecule has 0 saturated carbocycles. The van der Waals surface area contributed by atoms with Crippen molar-refractivity contribution in [1.29, 1.82) is 0 Å². The Labute approximate surface area is 142 Å². The molecule has 2 aromatic heterocycles. The second-order valence-electron chi connectivity index (χ2n) is 4.40. The zero-order chi connectivity index (χ0) is 17.7. The van der Waals surface area contributed by atoms with Gasteiger partial charge in [0.25, 0.3) is 11.8 Å². The van der Waals surface area contributed by atoms with E-state index in [1.807, 2.05) is 0 Å². The maximum atomic E-state index is 12.1. The molecular weight excluding hydrogens is 358 g/mol. The largest absolute Gasteiger partial charge is 0.290 e. The van der Waals surface area contributed by atoms with Gasteiger partial charge in [-0.1, -0.05) is 18.5 Å². The van der Waals surface area contributed by atoms with E-state index < -0.39 is 26.8 Å². The van der Waals surface area contributed by atoms with Crippen LogP contribution in [0.5, 0.6) is 0 Å². The number of nitrogens with one attached hydrogen (secondary N) is 2. The summed E-state index contributed by atoms with van der Waals surface area (Å²) < 4.78 is 23.5. The van der Waals surface area contributed by atoms with Crippen LogP contribution in [0.1, 0.15) is 27.8 Å². The summed E-state index contributed by atoms with van der Waals surface area (Å²) in [6.45, 7) is 1.42. The fourth-order valence-electron chi connectivity index (χ4n) is 1.54. The number of sulfone groups is 1. The quantitative estimate of drug-likeness (QED) is 0.588. The molecule has 0 fully saturated rings. The zero-order valence-corrected chi connectivity index (χ0v) is 13.9. The maximum absolute atomic E-state index is 12.1. The highest BCUT2D eigenvalue weighted by atomic mass is 35.5. The number of aromatic nitrogens is 3. The van der Waals surface area contributed by atoms with Gasteiger partial charge in [0.15, 0.2) is 5.69 Å². The first kappa shape index (κ1) is 17.8. The van der Waals surface area contributed by atoms with Crippen LogP contribution in [0.4, 0.5) is 0 Å². The van der Waals surface area contributed by atoms with Crippen LogP contribution < -0.4 is 10.9 Å². The fraction of sp³-hybridized carbons (Fsp3) is 0.154. The average molecular weight is 370 g/mol. The molecule has 0 aliphatic rings. The summed E-state index contributed by atoms with van der Waals surface area (Å²) in [6.07, 6.45) is 3.84. The summed E-state index contributed by atoms with van der Waals surface area (Å²) in [4.78, 5) is 34.9. The highest BCUT2D eigenvalue weighted by Gasteiger charge is 2.21. The molecule has 11 heteroatoms. The average Bonchev–Trinajstić information content (AvgIpc) is 2.60. The van der Waals surface area contributed by atoms with E-state index in [9.17, 15) is 18.0 Å². The fourth-order valence-corrected chi connectivity index (χ4v) is 2.42. The summed E-state index contributed by atoms with van der Waals surface area (Å²) in [5.74, 6) is -1.69. The predicted molar refractivity (Wildman–Crippen MR) is 83.9 cm³/mol. The lowest BCUT2D eigenvalue weighted by molar-refractivity contribution is 0.0843. The second-order valence-corrected chi connectivity index (χ2v) is 6.98. The SMILES string of the molecule is CCS(=O)(=O)c1ncc(Cl)c(C(=O)NNC(=O)c2ccncc2)n1. The number of nitrogens with zero attached hydrogens (tertiary/aromatic N) is 3. The number of carbonyl (C=O) groups is 2. The summed E-state index contributed by atoms with van der Waals surface area (Å²) in [7, 11) is -3.70. The van der Waals surface area contributed by atoms with Gasteiger partial charge in [-0.25, -0.2) is 18.4 Å². The first-order valence-electron chi connectivity index (χ1n) is 6.61. The molecule has 0 aliphatic carbocycles. The minimum Gasteiger partial charge on any atom is -0.267 e. The lowest BCUT2D eigenvalue weighted by Crippen LogP contribution is -2.42. The number of hydrogen-bond donors (Lipinski definition) is 2. The van der Waals surface area contributed by atoms with Crippen LogP contribution in [0, 0.1) is 0 Å². The molecule has 0 spiro atoms. The highest BCUT2D eigenvalue weighted by Crippen LogP contribution is 2.14. The number of rotatable bonds is 4. The van der Waals surface area contributed by atoms with Crippen LogP contribution in [-0.2, 0) is 9.84 Å². The Hall–Kier alpha value is -2.59. The molecule has 2 amide bonds. The molecule has 2 heterocycles. The molecule has 2 N–H and O–H groups in total. The topological polar surface area (TPSA) is 131 Å². The van der Waals surface area contributed by atoms with Crippen molar-refractivity contribution in [1.82, 2.24) is 25.8 Å². The number of hydrazine groups is 1. The van der Waals surface area contributed by atoms with Gasteiger partial charge in [-0.15, -0.1) is 0 Å². The highest BCUT2D eigenvalue weighted by molar-refractivity contribution is 7.91. The van der Waals surface area contributed by atoms with E-state index in [1.54, 1.807) is 0 Å². The van der Waals surface area contributed by atoms with Gasteiger partial charge >= 0.3 is 0 Å². The van der Waals surface area contributed by atoms with Crippen LogP contribution in [0.2, 0.25) is 5.02 Å². The summed E-state index contributed by atoms with van der Waals surface area (Å²) >= 11 is 5.82. The third kappa shape index (κ3) is 4.03. The molecule has 0 saturated heterocycles. The Kier molecular flexibility index (Phi) is 5.42. The minimum absolute atomic E-state index is 0.152. The third-order valence-corrected chi connectivity index (χ3v) is 4.62. The summed E-state index contributed by atoms with van der Waals surface area (Å²) in [5, 5.41) is -0.666. The van der Waals surface area contributed by atoms with E-state index in [1.165, 1.54) is 31.5 Å². The first-order chi connectivity index (χ1) is 11.3. The summed E-state index contributed by atoms with van der Waals surface area (Å²) in [5.41, 5.74) is 4.17. The van der Waals surface area contributed by atoms with Gasteiger partial charge in [-0.2, -0.15) is 0 Å². The number of hydrogen-bond acceptors (Lipinski definition) is 7. The van der Waals surface area contributed by atoms with Gasteiger partial charge in [0.1, 0.15) is 0 Å². The van der Waals surface area contributed by atoms with Gasteiger partial charge in [0, 0.05) is 18.0 Å². The van der Waals surface area contributed by atoms with Gasteiger partial charge in [-0.05, 0) is 12.1 Å². The smallest absolute Gasteiger partial charge is 0.267 e. The number of amides is 2. The second kappa shape index (κ2) is 7.32. The van der Waals surface area contributed by atoms with E-state index in [0.717, 1.165) is 6.20 Å². The Morgan fingerprint density at radius 2 is 1.79 bits per heavy atom. The van der Waals surface area contributed by atoms with Crippen molar-refractivity contribution in [3.63, 3.8) is 0 Å². The molecule has 0 radical (unpaired) electrons. The molecule has 24 heavy (non-hydrogen) atoms. The molecule has 0 bridgehead atoms. The van der Waals surface area contributed by atoms with Crippen LogP contribution in [0.3, 0.4) is 0 Å². The van der Waals surface area contributed by atoms with Gasteiger partial charge in [0.05, 0.1) is 17.0 Å². The van der Waals surface area contributed by atoms with Crippen molar-refractivity contribution >= 4 is 33.3 Å². The van der Waals surface area contributed by atoms with Gasteiger partial charge in [0.2, 0.25) is 15.0 Å². The molecule has 0 aromatic carbocycles. The molecular formula is C13H12ClN5O4S. The van der Waals surface area contributed by atoms with E-state index in [-0.39, 0.29) is 22.0 Å². The van der Waals surface area contributed by atoms with Crippen molar-refractivity contribution in [2.75, 3.05) is 5.75 Å². The van der Waals surface area contributed by atoms with Gasteiger partial charge in [-0.3, -0.25) is 25.4 Å². The van der Waals surface area contributed by atoms with Crippen molar-refractivity contribution < 1.29 is 18.0 Å². The maximum Gasteiger partial charge on any atom is 0.290 e. The summed E-state index contributed by atoms with van der Waals surface area (Å²) in [6, 6.07) is 2.90. The molecule has 0 atom stereocenters. The number of carbonyl (C=O) groups excluding carboxylic acids is 2. The number of halogens is 1. The predicted octanol–water partition coefficient (Wildman–Crippen LogP) is 0.393. The molecule has 9 nitrogen and oxygen atoms in total. The van der Waals surface area contributed by atoms with E-state index in [4.69, 9.17) is 11.6 Å². The molecule has 126 valence electrons. The van der Waals surface area contributed by atoms with Crippen LogP contribution in [0.25, 0.3) is 0 Å². The van der Waals surface area contributed by atoms with Crippen LogP contribution >= 0.6 is 11.6 Å². The Bertz CT molecular complexity index is 873. The molecule has 0 aliphatic heterocycles. The van der Waals surface area contributed by atoms with Crippen LogP contribution in [-0.4, -0.2) is 40.9 Å². The first-order valence-corrected chi connectivity index (χ1v) is 8.64.